The zero-order chi connectivity index (χ0) is 15.4. The number of carbonyl (C=O) groups is 2. The Morgan fingerprint density at radius 2 is 1.81 bits per heavy atom. The van der Waals surface area contributed by atoms with Crippen molar-refractivity contribution in [3.8, 4) is 0 Å². The van der Waals surface area contributed by atoms with E-state index < -0.39 is 17.8 Å². The van der Waals surface area contributed by atoms with Gasteiger partial charge in [0.25, 0.3) is 0 Å². The van der Waals surface area contributed by atoms with Gasteiger partial charge in [0, 0.05) is 0 Å². The molecule has 1 aromatic rings. The number of benzene rings is 1. The third-order valence-electron chi connectivity index (χ3n) is 4.10. The molecular formula is C17H21NO3. The van der Waals surface area contributed by atoms with Crippen molar-refractivity contribution >= 4 is 11.9 Å². The first-order valence-electron chi connectivity index (χ1n) is 7.24. The molecule has 0 radical (unpaired) electrons. The summed E-state index contributed by atoms with van der Waals surface area (Å²) in [5, 5.41) is 12.2. The number of aliphatic carboxylic acids is 1. The van der Waals surface area contributed by atoms with E-state index >= 15 is 0 Å². The van der Waals surface area contributed by atoms with E-state index in [9.17, 15) is 14.7 Å². The molecular weight excluding hydrogens is 266 g/mol. The normalized spacial score (nSPS) is 22.6. The van der Waals surface area contributed by atoms with Gasteiger partial charge in [0.15, 0.2) is 0 Å². The maximum absolute atomic E-state index is 12.4. The zero-order valence-corrected chi connectivity index (χ0v) is 12.4. The Kier molecular flexibility index (Phi) is 4.78. The zero-order valence-electron chi connectivity index (χ0n) is 12.4. The molecule has 1 amide bonds. The van der Waals surface area contributed by atoms with E-state index in [0.717, 1.165) is 11.1 Å². The minimum Gasteiger partial charge on any atom is -0.481 e. The number of carboxylic acid groups (broad SMARTS) is 1. The van der Waals surface area contributed by atoms with Crippen LogP contribution < -0.4 is 5.32 Å². The third kappa shape index (κ3) is 3.51. The van der Waals surface area contributed by atoms with E-state index in [1.54, 1.807) is 0 Å². The van der Waals surface area contributed by atoms with Crippen LogP contribution in [0.1, 0.15) is 36.9 Å². The largest absolute Gasteiger partial charge is 0.481 e. The molecule has 2 rings (SSSR count). The summed E-state index contributed by atoms with van der Waals surface area (Å²) >= 11 is 0. The molecule has 0 spiro atoms. The standard InChI is InChI=1S/C17H21NO3/c1-11-7-3-4-8-13(11)12(2)18-16(19)14-9-5-6-10-15(14)17(20)21/h3-8,12,14-15H,9-10H2,1-2H3,(H,18,19)(H,20,21)/t12-,14?,15?/m0/s1. The van der Waals surface area contributed by atoms with Crippen LogP contribution in [0.5, 0.6) is 0 Å². The van der Waals surface area contributed by atoms with E-state index in [-0.39, 0.29) is 11.9 Å². The third-order valence-corrected chi connectivity index (χ3v) is 4.10. The summed E-state index contributed by atoms with van der Waals surface area (Å²) in [4.78, 5) is 23.7. The van der Waals surface area contributed by atoms with Crippen molar-refractivity contribution in [1.29, 1.82) is 0 Å². The first kappa shape index (κ1) is 15.3. The van der Waals surface area contributed by atoms with Gasteiger partial charge in [-0.25, -0.2) is 0 Å². The van der Waals surface area contributed by atoms with Gasteiger partial charge < -0.3 is 10.4 Å². The average Bonchev–Trinajstić information content (AvgIpc) is 2.47. The Bertz CT molecular complexity index is 565. The van der Waals surface area contributed by atoms with E-state index in [2.05, 4.69) is 5.32 Å². The van der Waals surface area contributed by atoms with Crippen molar-refractivity contribution in [1.82, 2.24) is 5.32 Å². The summed E-state index contributed by atoms with van der Waals surface area (Å²) in [6, 6.07) is 7.75. The van der Waals surface area contributed by atoms with Crippen LogP contribution in [-0.2, 0) is 9.59 Å². The average molecular weight is 287 g/mol. The van der Waals surface area contributed by atoms with Gasteiger partial charge in [-0.3, -0.25) is 9.59 Å². The maximum atomic E-state index is 12.4. The van der Waals surface area contributed by atoms with Crippen LogP contribution in [0, 0.1) is 18.8 Å². The second-order valence-corrected chi connectivity index (χ2v) is 5.58. The quantitative estimate of drug-likeness (QED) is 0.837. The summed E-state index contributed by atoms with van der Waals surface area (Å²) in [5.41, 5.74) is 2.17. The van der Waals surface area contributed by atoms with Crippen molar-refractivity contribution in [2.24, 2.45) is 11.8 Å². The highest BCUT2D eigenvalue weighted by Gasteiger charge is 2.34. The van der Waals surface area contributed by atoms with Crippen LogP contribution in [0.15, 0.2) is 36.4 Å². The van der Waals surface area contributed by atoms with Crippen molar-refractivity contribution < 1.29 is 14.7 Å². The second-order valence-electron chi connectivity index (χ2n) is 5.58. The Morgan fingerprint density at radius 1 is 1.19 bits per heavy atom. The molecule has 0 heterocycles. The lowest BCUT2D eigenvalue weighted by molar-refractivity contribution is -0.147. The highest BCUT2D eigenvalue weighted by molar-refractivity contribution is 5.85. The van der Waals surface area contributed by atoms with E-state index in [4.69, 9.17) is 0 Å². The first-order valence-corrected chi connectivity index (χ1v) is 7.24. The molecule has 0 saturated carbocycles. The van der Waals surface area contributed by atoms with Gasteiger partial charge in [0.05, 0.1) is 17.9 Å². The fourth-order valence-electron chi connectivity index (χ4n) is 2.85. The van der Waals surface area contributed by atoms with Gasteiger partial charge in [-0.05, 0) is 37.8 Å². The number of rotatable bonds is 4. The number of allylic oxidation sites excluding steroid dienone is 2. The molecule has 0 bridgehead atoms. The molecule has 2 N–H and O–H groups in total. The molecule has 1 aromatic carbocycles. The van der Waals surface area contributed by atoms with Gasteiger partial charge in [-0.2, -0.15) is 0 Å². The van der Waals surface area contributed by atoms with Crippen LogP contribution in [0.3, 0.4) is 0 Å². The number of carboxylic acids is 1. The smallest absolute Gasteiger partial charge is 0.307 e. The summed E-state index contributed by atoms with van der Waals surface area (Å²) in [6.45, 7) is 3.93. The molecule has 112 valence electrons. The van der Waals surface area contributed by atoms with Crippen molar-refractivity contribution in [2.75, 3.05) is 0 Å². The Balaban J connectivity index is 2.08. The monoisotopic (exact) mass is 287 g/mol. The van der Waals surface area contributed by atoms with E-state index in [0.29, 0.717) is 12.8 Å². The molecule has 0 aromatic heterocycles. The molecule has 1 aliphatic rings. The molecule has 2 unspecified atom stereocenters. The van der Waals surface area contributed by atoms with Crippen molar-refractivity contribution in [3.63, 3.8) is 0 Å². The van der Waals surface area contributed by atoms with Crippen LogP contribution in [0.4, 0.5) is 0 Å². The summed E-state index contributed by atoms with van der Waals surface area (Å²) < 4.78 is 0. The number of hydrogen-bond donors (Lipinski definition) is 2. The van der Waals surface area contributed by atoms with Crippen molar-refractivity contribution in [3.05, 3.63) is 47.5 Å². The molecule has 1 aliphatic carbocycles. The Hall–Kier alpha value is -2.10. The van der Waals surface area contributed by atoms with Gasteiger partial charge in [-0.1, -0.05) is 36.4 Å². The summed E-state index contributed by atoms with van der Waals surface area (Å²) in [6.07, 6.45) is 4.64. The lowest BCUT2D eigenvalue weighted by Crippen LogP contribution is -2.39. The van der Waals surface area contributed by atoms with Crippen LogP contribution in [0.25, 0.3) is 0 Å². The SMILES string of the molecule is Cc1ccccc1[C@H](C)NC(=O)C1CC=CCC1C(=O)O. The predicted octanol–water partition coefficient (Wildman–Crippen LogP) is 2.84. The van der Waals surface area contributed by atoms with Gasteiger partial charge in [0.1, 0.15) is 0 Å². The van der Waals surface area contributed by atoms with E-state index in [1.165, 1.54) is 0 Å². The molecule has 0 saturated heterocycles. The number of hydrogen-bond acceptors (Lipinski definition) is 2. The minimum absolute atomic E-state index is 0.126. The first-order chi connectivity index (χ1) is 10.0. The molecule has 21 heavy (non-hydrogen) atoms. The fraction of sp³-hybridized carbons (Fsp3) is 0.412. The van der Waals surface area contributed by atoms with Crippen LogP contribution in [-0.4, -0.2) is 17.0 Å². The molecule has 0 aliphatic heterocycles. The topological polar surface area (TPSA) is 66.4 Å². The Labute approximate surface area is 124 Å². The number of carbonyl (C=O) groups excluding carboxylic acids is 1. The Morgan fingerprint density at radius 3 is 2.43 bits per heavy atom. The fourth-order valence-corrected chi connectivity index (χ4v) is 2.85. The van der Waals surface area contributed by atoms with Crippen molar-refractivity contribution in [2.45, 2.75) is 32.7 Å². The second kappa shape index (κ2) is 6.57. The van der Waals surface area contributed by atoms with Crippen LogP contribution in [0.2, 0.25) is 0 Å². The molecule has 4 nitrogen and oxygen atoms in total. The highest BCUT2D eigenvalue weighted by atomic mass is 16.4. The van der Waals surface area contributed by atoms with E-state index in [1.807, 2.05) is 50.3 Å². The maximum Gasteiger partial charge on any atom is 0.307 e. The molecule has 0 fully saturated rings. The molecule has 3 atom stereocenters. The number of aryl methyl sites for hydroxylation is 1. The van der Waals surface area contributed by atoms with Gasteiger partial charge in [0.2, 0.25) is 5.91 Å². The van der Waals surface area contributed by atoms with Gasteiger partial charge >= 0.3 is 5.97 Å². The highest BCUT2D eigenvalue weighted by Crippen LogP contribution is 2.27. The summed E-state index contributed by atoms with van der Waals surface area (Å²) in [7, 11) is 0. The lowest BCUT2D eigenvalue weighted by Gasteiger charge is -2.26. The summed E-state index contributed by atoms with van der Waals surface area (Å²) in [5.74, 6) is -2.19. The number of nitrogens with one attached hydrogen (secondary N) is 1. The van der Waals surface area contributed by atoms with Gasteiger partial charge in [-0.15, -0.1) is 0 Å². The predicted molar refractivity (Wildman–Crippen MR) is 80.7 cm³/mol. The lowest BCUT2D eigenvalue weighted by atomic mass is 9.82. The molecule has 4 heteroatoms. The minimum atomic E-state index is -0.900. The number of amides is 1. The van der Waals surface area contributed by atoms with Crippen LogP contribution >= 0.6 is 0 Å².